The fourth-order valence-electron chi connectivity index (χ4n) is 5.60. The second-order valence-electron chi connectivity index (χ2n) is 20.2. The molecular weight excluding hydrogens is 911 g/mol. The van der Waals surface area contributed by atoms with Crippen LogP contribution < -0.4 is 20.4 Å². The first-order chi connectivity index (χ1) is 28.2. The molecule has 14 heteroatoms. The van der Waals surface area contributed by atoms with Crippen LogP contribution in [0, 0.1) is 24.7 Å². The first kappa shape index (κ1) is 73.2. The Morgan fingerprint density at radius 1 is 0.422 bits per heavy atom. The molecule has 0 saturated carbocycles. The fraction of sp³-hybridized carbons (Fsp3) is 0.720. The first-order valence-corrected chi connectivity index (χ1v) is 21.7. The molecule has 4 rings (SSSR count). The van der Waals surface area contributed by atoms with Crippen molar-refractivity contribution in [2.75, 3.05) is 97.0 Å². The summed E-state index contributed by atoms with van der Waals surface area (Å²) in [5.41, 5.74) is 5.74. The van der Waals surface area contributed by atoms with E-state index in [0.29, 0.717) is 11.9 Å². The smallest absolute Gasteiger partial charge is 0.872 e. The molecule has 0 amide bonds. The van der Waals surface area contributed by atoms with Crippen LogP contribution in [0.15, 0.2) is 24.3 Å². The van der Waals surface area contributed by atoms with Gasteiger partial charge in [-0.2, -0.15) is 14.2 Å². The van der Waals surface area contributed by atoms with Crippen LogP contribution in [0.5, 0.6) is 11.5 Å². The van der Waals surface area contributed by atoms with Crippen molar-refractivity contribution in [3.63, 3.8) is 0 Å². The van der Waals surface area contributed by atoms with Gasteiger partial charge in [0.25, 0.3) is 0 Å². The SMILES string of the molecule is C1CCOC1.C1CCOC1.CN(C)C(=N)N(C)C.CN(C)C(=N)N(C)C.C[O-].C[O-].Cc1cc(C(C)(C)C)c([O-])c(C(C)(C)C)c1.Cc1cc(C(C)(C)C)c([O-])c(C(C)(C)C)c1.[Zn+2].[Zn+2]. The summed E-state index contributed by atoms with van der Waals surface area (Å²) in [5.74, 6) is 1.46. The van der Waals surface area contributed by atoms with Gasteiger partial charge >= 0.3 is 39.0 Å². The first-order valence-electron chi connectivity index (χ1n) is 21.7. The van der Waals surface area contributed by atoms with Crippen LogP contribution in [0.1, 0.15) is 142 Å². The van der Waals surface area contributed by atoms with Crippen molar-refractivity contribution in [3.8, 4) is 11.5 Å². The number of nitrogens with zero attached hydrogens (tertiary/aromatic N) is 4. The average molecular weight is 1010 g/mol. The van der Waals surface area contributed by atoms with E-state index in [1.54, 1.807) is 19.6 Å². The van der Waals surface area contributed by atoms with Gasteiger partial charge in [-0.25, -0.2) is 0 Å². The van der Waals surface area contributed by atoms with E-state index in [1.165, 1.54) is 36.8 Å². The topological polar surface area (TPSA) is 171 Å². The number of aryl methyl sites for hydroxylation is 2. The standard InChI is InChI=1S/2C15H24O.2C5H13N3.2C4H8O.2CH3O.2Zn/c2*1-10-8-11(14(2,3)4)13(16)12(9-10)15(5,6)7;2*1-7(2)5(6)8(3)4;2*1-2-4-5-3-1;2*1-2;;/h2*8-9,16H,1-7H3;2*6H,1-4H3;2*1-4H2;2*1H3;;/q;;;;;;2*-1;2*+2/p-2. The fourth-order valence-corrected chi connectivity index (χ4v) is 5.60. The summed E-state index contributed by atoms with van der Waals surface area (Å²) < 4.78 is 9.89. The van der Waals surface area contributed by atoms with E-state index < -0.39 is 0 Å². The van der Waals surface area contributed by atoms with Crippen LogP contribution >= 0.6 is 0 Å². The summed E-state index contributed by atoms with van der Waals surface area (Å²) in [6.07, 6.45) is 5.11. The summed E-state index contributed by atoms with van der Waals surface area (Å²) in [6.45, 7) is 33.2. The molecule has 2 aliphatic heterocycles. The van der Waals surface area contributed by atoms with Gasteiger partial charge in [-0.15, -0.1) is 11.5 Å². The molecule has 2 aromatic carbocycles. The Hall–Kier alpha value is -2.33. The van der Waals surface area contributed by atoms with Crippen LogP contribution in [0.3, 0.4) is 0 Å². The third-order valence-electron chi connectivity index (χ3n) is 9.05. The predicted molar refractivity (Wildman–Crippen MR) is 258 cm³/mol. The largest absolute Gasteiger partial charge is 2.00 e. The summed E-state index contributed by atoms with van der Waals surface area (Å²) >= 11 is 0. The van der Waals surface area contributed by atoms with E-state index >= 15 is 0 Å². The van der Waals surface area contributed by atoms with Crippen molar-refractivity contribution >= 4 is 11.9 Å². The van der Waals surface area contributed by atoms with Gasteiger partial charge in [0.2, 0.25) is 0 Å². The molecule has 0 aliphatic carbocycles. The van der Waals surface area contributed by atoms with Crippen molar-refractivity contribution in [1.29, 1.82) is 10.8 Å². The molecular formula is C50H94N6O6Zn2. The van der Waals surface area contributed by atoms with Crippen LogP contribution in [0.4, 0.5) is 0 Å². The summed E-state index contributed by atoms with van der Waals surface area (Å²) in [5, 5.41) is 55.8. The molecule has 2 saturated heterocycles. The van der Waals surface area contributed by atoms with Crippen LogP contribution in [0.25, 0.3) is 0 Å². The number of nitrogens with one attached hydrogen (secondary N) is 2. The van der Waals surface area contributed by atoms with E-state index in [2.05, 4.69) is 96.9 Å². The maximum absolute atomic E-state index is 12.4. The molecule has 0 radical (unpaired) electrons. The zero-order chi connectivity index (χ0) is 50.0. The molecule has 2 aliphatic rings. The zero-order valence-electron chi connectivity index (χ0n) is 45.6. The summed E-state index contributed by atoms with van der Waals surface area (Å²) in [7, 11) is 16.3. The normalized spacial score (nSPS) is 12.5. The van der Waals surface area contributed by atoms with Crippen LogP contribution in [0.2, 0.25) is 0 Å². The minimum absolute atomic E-state index is 0. The van der Waals surface area contributed by atoms with E-state index in [4.69, 9.17) is 30.5 Å². The number of hydrogen-bond donors (Lipinski definition) is 2. The summed E-state index contributed by atoms with van der Waals surface area (Å²) in [4.78, 5) is 7.00. The molecule has 64 heavy (non-hydrogen) atoms. The second-order valence-corrected chi connectivity index (χ2v) is 20.2. The Morgan fingerprint density at radius 3 is 0.656 bits per heavy atom. The van der Waals surface area contributed by atoms with Crippen molar-refractivity contribution < 1.29 is 68.9 Å². The molecule has 0 spiro atoms. The Labute approximate surface area is 419 Å². The molecule has 0 unspecified atom stereocenters. The minimum Gasteiger partial charge on any atom is -0.872 e. The third-order valence-corrected chi connectivity index (χ3v) is 9.05. The molecule has 2 heterocycles. The molecule has 12 nitrogen and oxygen atoms in total. The van der Waals surface area contributed by atoms with Gasteiger partial charge < -0.3 is 49.5 Å². The molecule has 2 N–H and O–H groups in total. The Balaban J connectivity index is -0.000000162. The quantitative estimate of drug-likeness (QED) is 0.160. The van der Waals surface area contributed by atoms with E-state index in [-0.39, 0.29) is 72.1 Å². The Bertz CT molecular complexity index is 1300. The van der Waals surface area contributed by atoms with Crippen LogP contribution in [-0.2, 0) is 70.1 Å². The van der Waals surface area contributed by atoms with Crippen LogP contribution in [-0.4, -0.2) is 129 Å². The van der Waals surface area contributed by atoms with Gasteiger partial charge in [-0.05, 0) is 83.4 Å². The maximum Gasteiger partial charge on any atom is 2.00 e. The molecule has 364 valence electrons. The Kier molecular flexibility index (Phi) is 41.0. The third kappa shape index (κ3) is 32.4. The average Bonchev–Trinajstić information content (AvgIpc) is 3.94. The Morgan fingerprint density at radius 2 is 0.578 bits per heavy atom. The number of guanidine groups is 2. The van der Waals surface area contributed by atoms with Gasteiger partial charge in [0.05, 0.1) is 0 Å². The van der Waals surface area contributed by atoms with Gasteiger partial charge in [-0.3, -0.25) is 10.8 Å². The molecule has 0 aromatic heterocycles. The van der Waals surface area contributed by atoms with Crippen molar-refractivity contribution in [2.24, 2.45) is 0 Å². The summed E-state index contributed by atoms with van der Waals surface area (Å²) in [6, 6.07) is 8.10. The van der Waals surface area contributed by atoms with Gasteiger partial charge in [0.15, 0.2) is 11.9 Å². The van der Waals surface area contributed by atoms with Crippen molar-refractivity contribution in [3.05, 3.63) is 57.6 Å². The molecule has 0 atom stereocenters. The molecule has 0 bridgehead atoms. The van der Waals surface area contributed by atoms with E-state index in [9.17, 15) is 10.2 Å². The van der Waals surface area contributed by atoms with Gasteiger partial charge in [0.1, 0.15) is 0 Å². The number of ether oxygens (including phenoxy) is 2. The van der Waals surface area contributed by atoms with E-state index in [0.717, 1.165) is 62.9 Å². The molecule has 2 fully saturated rings. The monoisotopic (exact) mass is 1000 g/mol. The number of benzene rings is 2. The van der Waals surface area contributed by atoms with Crippen molar-refractivity contribution in [2.45, 2.75) is 144 Å². The molecule has 2 aromatic rings. The second kappa shape index (κ2) is 35.8. The minimum atomic E-state index is -0.0803. The van der Waals surface area contributed by atoms with Gasteiger partial charge in [-0.1, -0.05) is 118 Å². The van der Waals surface area contributed by atoms with Crippen molar-refractivity contribution in [1.82, 2.24) is 19.6 Å². The number of hydrogen-bond acceptors (Lipinski definition) is 8. The number of rotatable bonds is 0. The maximum atomic E-state index is 12.4. The van der Waals surface area contributed by atoms with Gasteiger partial charge in [0, 0.05) is 82.8 Å². The zero-order valence-corrected chi connectivity index (χ0v) is 51.6. The van der Waals surface area contributed by atoms with E-state index in [1.807, 2.05) is 80.6 Å². The predicted octanol–water partition coefficient (Wildman–Crippen LogP) is 6.96.